The van der Waals surface area contributed by atoms with Gasteiger partial charge in [-0.2, -0.15) is 0 Å². The Balaban J connectivity index is 2.33. The van der Waals surface area contributed by atoms with Crippen molar-refractivity contribution in [2.24, 2.45) is 5.73 Å². The second-order valence-electron chi connectivity index (χ2n) is 4.36. The lowest BCUT2D eigenvalue weighted by Gasteiger charge is -2.08. The zero-order valence-electron chi connectivity index (χ0n) is 11.0. The highest BCUT2D eigenvalue weighted by atomic mass is 35.5. The summed E-state index contributed by atoms with van der Waals surface area (Å²) >= 11 is 6.06. The van der Waals surface area contributed by atoms with Crippen molar-refractivity contribution in [2.75, 3.05) is 19.8 Å². The number of nitrogens with one attached hydrogen (secondary N) is 1. The summed E-state index contributed by atoms with van der Waals surface area (Å²) in [5, 5.41) is 3.74. The molecular formula is C14H19ClN2O2. The van der Waals surface area contributed by atoms with Crippen LogP contribution in [0.4, 0.5) is 0 Å². The summed E-state index contributed by atoms with van der Waals surface area (Å²) in [6.07, 6.45) is 0. The lowest BCUT2D eigenvalue weighted by molar-refractivity contribution is 0.100. The fourth-order valence-corrected chi connectivity index (χ4v) is 1.71. The molecule has 5 heteroatoms. The molecule has 0 fully saturated rings. The Hall–Kier alpha value is -1.36. The molecule has 0 aliphatic heterocycles. The van der Waals surface area contributed by atoms with Crippen molar-refractivity contribution >= 4 is 17.5 Å². The van der Waals surface area contributed by atoms with E-state index >= 15 is 0 Å². The number of carbonyl (C=O) groups excluding carboxylic acids is 1. The van der Waals surface area contributed by atoms with E-state index in [2.05, 4.69) is 11.9 Å². The molecule has 0 spiro atoms. The van der Waals surface area contributed by atoms with E-state index in [4.69, 9.17) is 22.1 Å². The number of primary amides is 1. The van der Waals surface area contributed by atoms with Crippen LogP contribution in [0.2, 0.25) is 5.02 Å². The normalized spacial score (nSPS) is 10.4. The number of benzene rings is 1. The van der Waals surface area contributed by atoms with Crippen LogP contribution in [-0.4, -0.2) is 25.7 Å². The van der Waals surface area contributed by atoms with E-state index in [-0.39, 0.29) is 0 Å². The number of halogens is 1. The van der Waals surface area contributed by atoms with Gasteiger partial charge >= 0.3 is 0 Å². The lowest BCUT2D eigenvalue weighted by atomic mass is 10.1. The summed E-state index contributed by atoms with van der Waals surface area (Å²) in [6, 6.07) is 5.05. The minimum absolute atomic E-state index is 0.415. The number of hydrogen-bond donors (Lipinski definition) is 2. The number of carbonyl (C=O) groups is 1. The molecule has 0 radical (unpaired) electrons. The number of ether oxygens (including phenoxy) is 1. The number of hydrogen-bond acceptors (Lipinski definition) is 3. The molecule has 1 aromatic carbocycles. The largest absolute Gasteiger partial charge is 0.376 e. The fraction of sp³-hybridized carbons (Fsp3) is 0.357. The maximum absolute atomic E-state index is 11.0. The van der Waals surface area contributed by atoms with E-state index in [0.29, 0.717) is 30.3 Å². The van der Waals surface area contributed by atoms with Crippen molar-refractivity contribution in [3.63, 3.8) is 0 Å². The first-order valence-electron chi connectivity index (χ1n) is 6.01. The van der Waals surface area contributed by atoms with E-state index < -0.39 is 5.91 Å². The molecule has 0 saturated heterocycles. The lowest BCUT2D eigenvalue weighted by Crippen LogP contribution is -2.20. The smallest absolute Gasteiger partial charge is 0.248 e. The highest BCUT2D eigenvalue weighted by Gasteiger charge is 2.05. The molecule has 0 aliphatic carbocycles. The Morgan fingerprint density at radius 3 is 2.84 bits per heavy atom. The van der Waals surface area contributed by atoms with Gasteiger partial charge in [0, 0.05) is 23.7 Å². The molecular weight excluding hydrogens is 264 g/mol. The summed E-state index contributed by atoms with van der Waals surface area (Å²) in [5.74, 6) is -0.477. The van der Waals surface area contributed by atoms with E-state index in [1.807, 2.05) is 6.92 Å². The van der Waals surface area contributed by atoms with Gasteiger partial charge in [-0.05, 0) is 24.6 Å². The molecule has 1 aromatic rings. The van der Waals surface area contributed by atoms with E-state index in [1.54, 1.807) is 18.2 Å². The Morgan fingerprint density at radius 2 is 2.26 bits per heavy atom. The zero-order chi connectivity index (χ0) is 14.3. The number of amides is 1. The van der Waals surface area contributed by atoms with Crippen LogP contribution in [0.1, 0.15) is 22.8 Å². The fourth-order valence-electron chi connectivity index (χ4n) is 1.46. The van der Waals surface area contributed by atoms with Gasteiger partial charge in [-0.15, -0.1) is 0 Å². The standard InChI is InChI=1S/C14H19ClN2O2/c1-10(2)9-19-6-5-17-8-12-4-3-11(14(16)18)7-13(12)15/h3-4,7,17H,1,5-6,8-9H2,2H3,(H2,16,18). The highest BCUT2D eigenvalue weighted by molar-refractivity contribution is 6.31. The molecule has 0 aliphatic rings. The van der Waals surface area contributed by atoms with Gasteiger partial charge in [0.1, 0.15) is 0 Å². The second-order valence-corrected chi connectivity index (χ2v) is 4.76. The molecule has 0 unspecified atom stereocenters. The van der Waals surface area contributed by atoms with Gasteiger partial charge in [0.05, 0.1) is 13.2 Å². The Morgan fingerprint density at radius 1 is 1.53 bits per heavy atom. The molecule has 0 saturated carbocycles. The van der Waals surface area contributed by atoms with E-state index in [1.165, 1.54) is 0 Å². The Kier molecular flexibility index (Phi) is 6.56. The Bertz CT molecular complexity index is 461. The summed E-state index contributed by atoms with van der Waals surface area (Å²) in [4.78, 5) is 11.0. The molecule has 1 rings (SSSR count). The van der Waals surface area contributed by atoms with E-state index in [0.717, 1.165) is 17.7 Å². The molecule has 0 aromatic heterocycles. The summed E-state index contributed by atoms with van der Waals surface area (Å²) in [5.41, 5.74) is 7.52. The highest BCUT2D eigenvalue weighted by Crippen LogP contribution is 2.17. The quantitative estimate of drug-likeness (QED) is 0.567. The number of rotatable bonds is 8. The predicted molar refractivity (Wildman–Crippen MR) is 77.3 cm³/mol. The number of nitrogens with two attached hydrogens (primary N) is 1. The average molecular weight is 283 g/mol. The molecule has 1 amide bonds. The van der Waals surface area contributed by atoms with Crippen LogP contribution < -0.4 is 11.1 Å². The van der Waals surface area contributed by atoms with Gasteiger partial charge in [0.15, 0.2) is 0 Å². The van der Waals surface area contributed by atoms with Crippen LogP contribution in [0.3, 0.4) is 0 Å². The van der Waals surface area contributed by atoms with Crippen LogP contribution in [0.25, 0.3) is 0 Å². The van der Waals surface area contributed by atoms with Crippen molar-refractivity contribution < 1.29 is 9.53 Å². The molecule has 0 atom stereocenters. The molecule has 3 N–H and O–H groups in total. The first-order valence-corrected chi connectivity index (χ1v) is 6.39. The minimum atomic E-state index is -0.477. The molecule has 19 heavy (non-hydrogen) atoms. The maximum Gasteiger partial charge on any atom is 0.248 e. The topological polar surface area (TPSA) is 64.3 Å². The monoisotopic (exact) mass is 282 g/mol. The van der Waals surface area contributed by atoms with Gasteiger partial charge in [0.2, 0.25) is 5.91 Å². The Labute approximate surface area is 118 Å². The average Bonchev–Trinajstić information content (AvgIpc) is 2.34. The first kappa shape index (κ1) is 15.7. The van der Waals surface area contributed by atoms with Crippen molar-refractivity contribution in [3.05, 3.63) is 46.5 Å². The summed E-state index contributed by atoms with van der Waals surface area (Å²) < 4.78 is 5.36. The third-order valence-electron chi connectivity index (χ3n) is 2.42. The van der Waals surface area contributed by atoms with Crippen molar-refractivity contribution in [3.8, 4) is 0 Å². The van der Waals surface area contributed by atoms with Crippen LogP contribution in [0, 0.1) is 0 Å². The summed E-state index contributed by atoms with van der Waals surface area (Å²) in [6.45, 7) is 8.21. The third kappa shape index (κ3) is 5.87. The van der Waals surface area contributed by atoms with E-state index in [9.17, 15) is 4.79 Å². The maximum atomic E-state index is 11.0. The zero-order valence-corrected chi connectivity index (χ0v) is 11.8. The van der Waals surface area contributed by atoms with Crippen molar-refractivity contribution in [2.45, 2.75) is 13.5 Å². The molecule has 4 nitrogen and oxygen atoms in total. The van der Waals surface area contributed by atoms with Crippen molar-refractivity contribution in [1.82, 2.24) is 5.32 Å². The molecule has 0 heterocycles. The second kappa shape index (κ2) is 7.94. The van der Waals surface area contributed by atoms with Gasteiger partial charge in [-0.1, -0.05) is 29.8 Å². The summed E-state index contributed by atoms with van der Waals surface area (Å²) in [7, 11) is 0. The predicted octanol–water partition coefficient (Wildman–Crippen LogP) is 2.12. The van der Waals surface area contributed by atoms with Crippen LogP contribution in [-0.2, 0) is 11.3 Å². The SMILES string of the molecule is C=C(C)COCCNCc1ccc(C(N)=O)cc1Cl. The van der Waals surface area contributed by atoms with Gasteiger partial charge in [-0.25, -0.2) is 0 Å². The van der Waals surface area contributed by atoms with Gasteiger partial charge in [0.25, 0.3) is 0 Å². The van der Waals surface area contributed by atoms with Gasteiger partial charge < -0.3 is 15.8 Å². The molecule has 104 valence electrons. The molecule has 0 bridgehead atoms. The third-order valence-corrected chi connectivity index (χ3v) is 2.78. The van der Waals surface area contributed by atoms with Crippen LogP contribution in [0.5, 0.6) is 0 Å². The minimum Gasteiger partial charge on any atom is -0.376 e. The van der Waals surface area contributed by atoms with Crippen LogP contribution >= 0.6 is 11.6 Å². The first-order chi connectivity index (χ1) is 9.00. The van der Waals surface area contributed by atoms with Crippen LogP contribution in [0.15, 0.2) is 30.4 Å². The van der Waals surface area contributed by atoms with Crippen molar-refractivity contribution in [1.29, 1.82) is 0 Å². The van der Waals surface area contributed by atoms with Gasteiger partial charge in [-0.3, -0.25) is 4.79 Å².